The summed E-state index contributed by atoms with van der Waals surface area (Å²) in [6.07, 6.45) is 6.61. The Kier molecular flexibility index (Phi) is 11.8. The lowest BCUT2D eigenvalue weighted by Gasteiger charge is -2.11. The number of halogens is 6. The highest BCUT2D eigenvalue weighted by atomic mass is 35.5. The first kappa shape index (κ1) is 22.8. The zero-order chi connectivity index (χ0) is 18.7. The SMILES string of the molecule is ClC(Cl)=CCOC/C=C/COc1c(Cl)cc(OCC=C(Cl)Cl)cc1Cl. The van der Waals surface area contributed by atoms with Gasteiger partial charge in [-0.1, -0.05) is 75.7 Å². The molecular weight excluding hydrogens is 453 g/mol. The number of hydrogen-bond donors (Lipinski definition) is 0. The Labute approximate surface area is 176 Å². The molecule has 25 heavy (non-hydrogen) atoms. The van der Waals surface area contributed by atoms with Gasteiger partial charge < -0.3 is 14.2 Å². The van der Waals surface area contributed by atoms with Gasteiger partial charge >= 0.3 is 0 Å². The molecule has 0 aliphatic rings. The molecule has 0 saturated carbocycles. The Balaban J connectivity index is 2.45. The van der Waals surface area contributed by atoms with Crippen molar-refractivity contribution in [3.05, 3.63) is 55.5 Å². The summed E-state index contributed by atoms with van der Waals surface area (Å²) in [6.45, 7) is 1.20. The molecule has 9 heteroatoms. The molecule has 138 valence electrons. The van der Waals surface area contributed by atoms with Crippen LogP contribution in [0.2, 0.25) is 10.0 Å². The molecule has 0 saturated heterocycles. The fraction of sp³-hybridized carbons (Fsp3) is 0.250. The van der Waals surface area contributed by atoms with Crippen LogP contribution in [-0.4, -0.2) is 26.4 Å². The van der Waals surface area contributed by atoms with Crippen molar-refractivity contribution in [2.45, 2.75) is 0 Å². The highest BCUT2D eigenvalue weighted by Gasteiger charge is 2.10. The highest BCUT2D eigenvalue weighted by molar-refractivity contribution is 6.56. The summed E-state index contributed by atoms with van der Waals surface area (Å²) in [4.78, 5) is 0. The third kappa shape index (κ3) is 10.5. The Bertz CT molecular complexity index is 612. The topological polar surface area (TPSA) is 27.7 Å². The second kappa shape index (κ2) is 13.0. The van der Waals surface area contributed by atoms with E-state index < -0.39 is 0 Å². The molecule has 0 heterocycles. The Morgan fingerprint density at radius 2 is 1.32 bits per heavy atom. The first-order valence-electron chi connectivity index (χ1n) is 6.90. The quantitative estimate of drug-likeness (QED) is 0.275. The molecule has 0 radical (unpaired) electrons. The van der Waals surface area contributed by atoms with Crippen molar-refractivity contribution in [1.82, 2.24) is 0 Å². The van der Waals surface area contributed by atoms with Gasteiger partial charge in [-0.15, -0.1) is 0 Å². The minimum Gasteiger partial charge on any atom is -0.489 e. The van der Waals surface area contributed by atoms with E-state index in [9.17, 15) is 0 Å². The molecule has 0 atom stereocenters. The van der Waals surface area contributed by atoms with Gasteiger partial charge in [-0.2, -0.15) is 0 Å². The lowest BCUT2D eigenvalue weighted by atomic mass is 10.3. The summed E-state index contributed by atoms with van der Waals surface area (Å²) in [5.41, 5.74) is 0. The standard InChI is InChI=1S/C16H14Cl6O3/c17-12-9-11(24-8-4-15(21)22)10-13(18)16(12)25-6-2-1-5-23-7-3-14(19)20/h1-4,9-10H,5-8H2/b2-1+. The molecule has 3 nitrogen and oxygen atoms in total. The minimum atomic E-state index is 0.120. The molecule has 0 amide bonds. The van der Waals surface area contributed by atoms with Gasteiger partial charge in [-0.3, -0.25) is 0 Å². The zero-order valence-corrected chi connectivity index (χ0v) is 17.3. The monoisotopic (exact) mass is 464 g/mol. The van der Waals surface area contributed by atoms with Crippen LogP contribution in [0.5, 0.6) is 11.5 Å². The lowest BCUT2D eigenvalue weighted by molar-refractivity contribution is 0.193. The predicted octanol–water partition coefficient (Wildman–Crippen LogP) is 6.96. The molecular formula is C16H14Cl6O3. The van der Waals surface area contributed by atoms with E-state index in [1.807, 2.05) is 0 Å². The van der Waals surface area contributed by atoms with Crippen LogP contribution >= 0.6 is 69.6 Å². The van der Waals surface area contributed by atoms with E-state index in [4.69, 9.17) is 83.8 Å². The molecule has 1 rings (SSSR count). The first-order valence-corrected chi connectivity index (χ1v) is 9.16. The summed E-state index contributed by atoms with van der Waals surface area (Å²) >= 11 is 34.2. The smallest absolute Gasteiger partial charge is 0.157 e. The van der Waals surface area contributed by atoms with Gasteiger partial charge in [0.1, 0.15) is 27.9 Å². The number of ether oxygens (including phenoxy) is 3. The van der Waals surface area contributed by atoms with Crippen LogP contribution in [-0.2, 0) is 4.74 Å². The summed E-state index contributed by atoms with van der Waals surface area (Å²) in [6, 6.07) is 3.18. The maximum absolute atomic E-state index is 6.15. The molecule has 0 fully saturated rings. The fourth-order valence-electron chi connectivity index (χ4n) is 1.48. The summed E-state index contributed by atoms with van der Waals surface area (Å²) < 4.78 is 16.5. The lowest BCUT2D eigenvalue weighted by Crippen LogP contribution is -1.98. The van der Waals surface area contributed by atoms with Gasteiger partial charge in [-0.05, 0) is 18.2 Å². The number of hydrogen-bond acceptors (Lipinski definition) is 3. The largest absolute Gasteiger partial charge is 0.489 e. The summed E-state index contributed by atoms with van der Waals surface area (Å²) in [7, 11) is 0. The van der Waals surface area contributed by atoms with Crippen molar-refractivity contribution in [1.29, 1.82) is 0 Å². The number of benzene rings is 1. The normalized spacial score (nSPS) is 10.6. The summed E-state index contributed by atoms with van der Waals surface area (Å²) in [5.74, 6) is 0.840. The highest BCUT2D eigenvalue weighted by Crippen LogP contribution is 2.37. The maximum Gasteiger partial charge on any atom is 0.157 e. The van der Waals surface area contributed by atoms with Crippen molar-refractivity contribution in [3.8, 4) is 11.5 Å². The van der Waals surface area contributed by atoms with Crippen LogP contribution in [0, 0.1) is 0 Å². The van der Waals surface area contributed by atoms with Gasteiger partial charge in [-0.25, -0.2) is 0 Å². The molecule has 0 spiro atoms. The van der Waals surface area contributed by atoms with Crippen LogP contribution in [0.3, 0.4) is 0 Å². The second-order valence-corrected chi connectivity index (χ2v) is 7.16. The molecule has 0 N–H and O–H groups in total. The van der Waals surface area contributed by atoms with Crippen LogP contribution in [0.4, 0.5) is 0 Å². The van der Waals surface area contributed by atoms with E-state index >= 15 is 0 Å². The molecule has 0 aliphatic heterocycles. The molecule has 0 aromatic heterocycles. The van der Waals surface area contributed by atoms with Crippen LogP contribution in [0.1, 0.15) is 0 Å². The Morgan fingerprint density at radius 1 is 0.760 bits per heavy atom. The van der Waals surface area contributed by atoms with Crippen molar-refractivity contribution in [3.63, 3.8) is 0 Å². The zero-order valence-electron chi connectivity index (χ0n) is 12.8. The average molecular weight is 467 g/mol. The Hall–Kier alpha value is -0.260. The molecule has 0 aliphatic carbocycles. The molecule has 1 aromatic carbocycles. The van der Waals surface area contributed by atoms with Gasteiger partial charge in [0, 0.05) is 12.1 Å². The third-order valence-electron chi connectivity index (χ3n) is 2.52. The van der Waals surface area contributed by atoms with Crippen molar-refractivity contribution in [2.24, 2.45) is 0 Å². The van der Waals surface area contributed by atoms with Gasteiger partial charge in [0.05, 0.1) is 23.3 Å². The van der Waals surface area contributed by atoms with Crippen LogP contribution in [0.15, 0.2) is 45.4 Å². The summed E-state index contributed by atoms with van der Waals surface area (Å²) in [5, 5.41) is 0.657. The van der Waals surface area contributed by atoms with Crippen molar-refractivity contribution >= 4 is 69.6 Å². The van der Waals surface area contributed by atoms with Gasteiger partial charge in [0.15, 0.2) is 5.75 Å². The van der Waals surface area contributed by atoms with Gasteiger partial charge in [0.25, 0.3) is 0 Å². The van der Waals surface area contributed by atoms with Crippen LogP contribution in [0.25, 0.3) is 0 Å². The van der Waals surface area contributed by atoms with Crippen LogP contribution < -0.4 is 9.47 Å². The second-order valence-electron chi connectivity index (χ2n) is 4.33. The maximum atomic E-state index is 6.15. The van der Waals surface area contributed by atoms with E-state index in [0.29, 0.717) is 34.8 Å². The molecule has 0 bridgehead atoms. The van der Waals surface area contributed by atoms with Gasteiger partial charge in [0.2, 0.25) is 0 Å². The van der Waals surface area contributed by atoms with E-state index in [2.05, 4.69) is 0 Å². The minimum absolute atomic E-state index is 0.120. The fourth-order valence-corrected chi connectivity index (χ4v) is 2.31. The van der Waals surface area contributed by atoms with E-state index in [1.165, 1.54) is 6.08 Å². The van der Waals surface area contributed by atoms with Crippen molar-refractivity contribution < 1.29 is 14.2 Å². The first-order chi connectivity index (χ1) is 11.9. The number of rotatable bonds is 10. The molecule has 1 aromatic rings. The molecule has 0 unspecified atom stereocenters. The van der Waals surface area contributed by atoms with E-state index in [1.54, 1.807) is 30.4 Å². The van der Waals surface area contributed by atoms with Crippen molar-refractivity contribution in [2.75, 3.05) is 26.4 Å². The Morgan fingerprint density at radius 3 is 1.92 bits per heavy atom. The van der Waals surface area contributed by atoms with E-state index in [0.717, 1.165) is 0 Å². The van der Waals surface area contributed by atoms with E-state index in [-0.39, 0.29) is 22.2 Å². The average Bonchev–Trinajstić information content (AvgIpc) is 2.51. The predicted molar refractivity (Wildman–Crippen MR) is 107 cm³/mol. The third-order valence-corrected chi connectivity index (χ3v) is 3.70.